The van der Waals surface area contributed by atoms with Crippen molar-refractivity contribution in [2.24, 2.45) is 0 Å². The highest BCUT2D eigenvalue weighted by Gasteiger charge is 2.26. The van der Waals surface area contributed by atoms with Crippen molar-refractivity contribution >= 4 is 5.82 Å². The molecule has 2 aliphatic rings. The second kappa shape index (κ2) is 5.88. The first-order valence-corrected chi connectivity index (χ1v) is 7.34. The van der Waals surface area contributed by atoms with E-state index in [1.54, 1.807) is 0 Å². The molecule has 1 aromatic rings. The first kappa shape index (κ1) is 12.9. The molecule has 2 aliphatic heterocycles. The van der Waals surface area contributed by atoms with E-state index in [1.165, 1.54) is 37.2 Å². The van der Waals surface area contributed by atoms with Gasteiger partial charge in [0.05, 0.1) is 13.2 Å². The summed E-state index contributed by atoms with van der Waals surface area (Å²) in [4.78, 5) is 9.51. The third-order valence-corrected chi connectivity index (χ3v) is 4.26. The lowest BCUT2D eigenvalue weighted by atomic mass is 9.96. The van der Waals surface area contributed by atoms with Crippen molar-refractivity contribution in [3.63, 3.8) is 0 Å². The van der Waals surface area contributed by atoms with Crippen LogP contribution in [-0.4, -0.2) is 49.8 Å². The summed E-state index contributed by atoms with van der Waals surface area (Å²) in [6.07, 6.45) is 5.81. The standard InChI is InChI=1S/C15H23N3O/c1-17-8-3-2-6-14(17)13-5-4-7-16-15(13)18-9-11-19-12-10-18/h4-5,7,14H,2-3,6,8-12H2,1H3/t14-/m0/s1. The summed E-state index contributed by atoms with van der Waals surface area (Å²) >= 11 is 0. The zero-order valence-corrected chi connectivity index (χ0v) is 11.7. The number of piperidine rings is 1. The molecule has 1 aromatic heterocycles. The van der Waals surface area contributed by atoms with Gasteiger partial charge < -0.3 is 9.64 Å². The minimum atomic E-state index is 0.528. The lowest BCUT2D eigenvalue weighted by molar-refractivity contribution is 0.122. The van der Waals surface area contributed by atoms with Crippen LogP contribution in [0.25, 0.3) is 0 Å². The quantitative estimate of drug-likeness (QED) is 0.815. The molecule has 0 aliphatic carbocycles. The molecule has 2 fully saturated rings. The van der Waals surface area contributed by atoms with Gasteiger partial charge in [-0.1, -0.05) is 12.5 Å². The Morgan fingerprint density at radius 2 is 2.05 bits per heavy atom. The van der Waals surface area contributed by atoms with Crippen LogP contribution in [0.3, 0.4) is 0 Å². The molecule has 0 bridgehead atoms. The number of anilines is 1. The molecule has 104 valence electrons. The van der Waals surface area contributed by atoms with Crippen LogP contribution >= 0.6 is 0 Å². The number of pyridine rings is 1. The van der Waals surface area contributed by atoms with Crippen molar-refractivity contribution in [2.45, 2.75) is 25.3 Å². The number of likely N-dealkylation sites (tertiary alicyclic amines) is 1. The molecule has 3 heterocycles. The Balaban J connectivity index is 1.87. The number of morpholine rings is 1. The molecule has 2 saturated heterocycles. The highest BCUT2D eigenvalue weighted by molar-refractivity contribution is 5.49. The minimum absolute atomic E-state index is 0.528. The molecule has 0 amide bonds. The maximum absolute atomic E-state index is 5.45. The van der Waals surface area contributed by atoms with Crippen LogP contribution in [0.15, 0.2) is 18.3 Å². The average Bonchev–Trinajstić information content (AvgIpc) is 2.49. The van der Waals surface area contributed by atoms with Gasteiger partial charge in [-0.15, -0.1) is 0 Å². The minimum Gasteiger partial charge on any atom is -0.378 e. The molecule has 0 radical (unpaired) electrons. The van der Waals surface area contributed by atoms with Gasteiger partial charge in [0.2, 0.25) is 0 Å². The molecule has 0 aromatic carbocycles. The van der Waals surface area contributed by atoms with Crippen LogP contribution in [-0.2, 0) is 4.74 Å². The molecule has 0 spiro atoms. The Kier molecular flexibility index (Phi) is 3.99. The van der Waals surface area contributed by atoms with Crippen molar-refractivity contribution in [3.8, 4) is 0 Å². The molecular formula is C15H23N3O. The lowest BCUT2D eigenvalue weighted by Crippen LogP contribution is -2.38. The second-order valence-corrected chi connectivity index (χ2v) is 5.51. The normalized spacial score (nSPS) is 25.5. The van der Waals surface area contributed by atoms with E-state index in [2.05, 4.69) is 34.0 Å². The first-order chi connectivity index (χ1) is 9.36. The van der Waals surface area contributed by atoms with Gasteiger partial charge in [0.1, 0.15) is 5.82 Å². The SMILES string of the molecule is CN1CCCC[C@H]1c1cccnc1N1CCOCC1. The maximum Gasteiger partial charge on any atom is 0.133 e. The van der Waals surface area contributed by atoms with Crippen molar-refractivity contribution in [1.82, 2.24) is 9.88 Å². The molecular weight excluding hydrogens is 238 g/mol. The average molecular weight is 261 g/mol. The van der Waals surface area contributed by atoms with Gasteiger partial charge in [-0.2, -0.15) is 0 Å². The Labute approximate surface area is 115 Å². The first-order valence-electron chi connectivity index (χ1n) is 7.34. The fraction of sp³-hybridized carbons (Fsp3) is 0.667. The van der Waals surface area contributed by atoms with Crippen molar-refractivity contribution < 1.29 is 4.74 Å². The largest absolute Gasteiger partial charge is 0.378 e. The highest BCUT2D eigenvalue weighted by Crippen LogP contribution is 2.34. The van der Waals surface area contributed by atoms with Crippen LogP contribution in [0, 0.1) is 0 Å². The van der Waals surface area contributed by atoms with Crippen LogP contribution in [0.4, 0.5) is 5.82 Å². The third-order valence-electron chi connectivity index (χ3n) is 4.26. The molecule has 4 heteroatoms. The maximum atomic E-state index is 5.45. The van der Waals surface area contributed by atoms with E-state index < -0.39 is 0 Å². The fourth-order valence-corrected chi connectivity index (χ4v) is 3.18. The Hall–Kier alpha value is -1.13. The van der Waals surface area contributed by atoms with E-state index in [4.69, 9.17) is 4.74 Å². The van der Waals surface area contributed by atoms with Crippen LogP contribution in [0.1, 0.15) is 30.9 Å². The topological polar surface area (TPSA) is 28.6 Å². The smallest absolute Gasteiger partial charge is 0.133 e. The van der Waals surface area contributed by atoms with Crippen LogP contribution in [0.2, 0.25) is 0 Å². The molecule has 19 heavy (non-hydrogen) atoms. The fourth-order valence-electron chi connectivity index (χ4n) is 3.18. The van der Waals surface area contributed by atoms with Gasteiger partial charge in [-0.3, -0.25) is 4.90 Å². The molecule has 1 atom stereocenters. The van der Waals surface area contributed by atoms with E-state index in [0.29, 0.717) is 6.04 Å². The predicted molar refractivity (Wildman–Crippen MR) is 76.5 cm³/mol. The van der Waals surface area contributed by atoms with Gasteiger partial charge in [-0.25, -0.2) is 4.98 Å². The third kappa shape index (κ3) is 2.74. The number of hydrogen-bond donors (Lipinski definition) is 0. The molecule has 0 saturated carbocycles. The van der Waals surface area contributed by atoms with Crippen LogP contribution in [0.5, 0.6) is 0 Å². The summed E-state index contributed by atoms with van der Waals surface area (Å²) in [6, 6.07) is 4.85. The van der Waals surface area contributed by atoms with E-state index in [0.717, 1.165) is 26.3 Å². The Morgan fingerprint density at radius 1 is 1.21 bits per heavy atom. The molecule has 0 unspecified atom stereocenters. The highest BCUT2D eigenvalue weighted by atomic mass is 16.5. The summed E-state index contributed by atoms with van der Waals surface area (Å²) in [5.74, 6) is 1.17. The summed E-state index contributed by atoms with van der Waals surface area (Å²) in [7, 11) is 2.24. The molecule has 4 nitrogen and oxygen atoms in total. The van der Waals surface area contributed by atoms with Gasteiger partial charge in [-0.05, 0) is 32.5 Å². The predicted octanol–water partition coefficient (Wildman–Crippen LogP) is 2.08. The van der Waals surface area contributed by atoms with Crippen LogP contribution < -0.4 is 4.90 Å². The number of ether oxygens (including phenoxy) is 1. The van der Waals surface area contributed by atoms with Crippen molar-refractivity contribution in [3.05, 3.63) is 23.9 Å². The Bertz CT molecular complexity index is 418. The van der Waals surface area contributed by atoms with Crippen molar-refractivity contribution in [2.75, 3.05) is 44.8 Å². The zero-order valence-electron chi connectivity index (χ0n) is 11.7. The number of nitrogens with zero attached hydrogens (tertiary/aromatic N) is 3. The summed E-state index contributed by atoms with van der Waals surface area (Å²) in [5.41, 5.74) is 1.40. The molecule has 0 N–H and O–H groups in total. The van der Waals surface area contributed by atoms with Gasteiger partial charge >= 0.3 is 0 Å². The number of hydrogen-bond acceptors (Lipinski definition) is 4. The lowest BCUT2D eigenvalue weighted by Gasteiger charge is -2.36. The summed E-state index contributed by atoms with van der Waals surface area (Å²) in [6.45, 7) is 4.75. The molecule has 3 rings (SSSR count). The van der Waals surface area contributed by atoms with E-state index in [9.17, 15) is 0 Å². The number of aromatic nitrogens is 1. The van der Waals surface area contributed by atoms with E-state index >= 15 is 0 Å². The second-order valence-electron chi connectivity index (χ2n) is 5.51. The monoisotopic (exact) mass is 261 g/mol. The van der Waals surface area contributed by atoms with Gasteiger partial charge in [0.25, 0.3) is 0 Å². The van der Waals surface area contributed by atoms with Gasteiger partial charge in [0.15, 0.2) is 0 Å². The van der Waals surface area contributed by atoms with E-state index in [-0.39, 0.29) is 0 Å². The van der Waals surface area contributed by atoms with Crippen molar-refractivity contribution in [1.29, 1.82) is 0 Å². The Morgan fingerprint density at radius 3 is 2.84 bits per heavy atom. The zero-order chi connectivity index (χ0) is 13.1. The summed E-state index contributed by atoms with van der Waals surface area (Å²) < 4.78 is 5.45. The number of rotatable bonds is 2. The summed E-state index contributed by atoms with van der Waals surface area (Å²) in [5, 5.41) is 0. The van der Waals surface area contributed by atoms with E-state index in [1.807, 2.05) is 6.20 Å². The van der Waals surface area contributed by atoms with Gasteiger partial charge in [0, 0.05) is 30.9 Å².